The number of nitrogens with one attached hydrogen (secondary N) is 1. The summed E-state index contributed by atoms with van der Waals surface area (Å²) < 4.78 is 27.0. The maximum atomic E-state index is 13.6. The molecule has 6 heteroatoms. The zero-order valence-electron chi connectivity index (χ0n) is 13.1. The van der Waals surface area contributed by atoms with E-state index in [1.165, 1.54) is 35.2 Å². The Morgan fingerprint density at radius 1 is 1.17 bits per heavy atom. The van der Waals surface area contributed by atoms with Gasteiger partial charge in [0, 0.05) is 12.2 Å². The van der Waals surface area contributed by atoms with Crippen molar-refractivity contribution in [3.05, 3.63) is 59.7 Å². The first-order chi connectivity index (χ1) is 11.5. The number of amides is 2. The highest BCUT2D eigenvalue weighted by Gasteiger charge is 2.37. The summed E-state index contributed by atoms with van der Waals surface area (Å²) in [4.78, 5) is 26.2. The molecule has 0 radical (unpaired) electrons. The fraction of sp³-hybridized carbons (Fsp3) is 0.222. The van der Waals surface area contributed by atoms with Crippen LogP contribution >= 0.6 is 0 Å². The van der Waals surface area contributed by atoms with Crippen LogP contribution in [0.15, 0.2) is 42.5 Å². The summed E-state index contributed by atoms with van der Waals surface area (Å²) in [6, 6.07) is 10.2. The lowest BCUT2D eigenvalue weighted by molar-refractivity contribution is -0.129. The highest BCUT2D eigenvalue weighted by Crippen LogP contribution is 2.27. The predicted octanol–water partition coefficient (Wildman–Crippen LogP) is 3.26. The van der Waals surface area contributed by atoms with Gasteiger partial charge < -0.3 is 10.2 Å². The van der Waals surface area contributed by atoms with Crippen LogP contribution in [0.2, 0.25) is 0 Å². The van der Waals surface area contributed by atoms with Gasteiger partial charge in [-0.3, -0.25) is 9.59 Å². The monoisotopic (exact) mass is 330 g/mol. The van der Waals surface area contributed by atoms with Gasteiger partial charge in [0.05, 0.1) is 5.69 Å². The second-order valence-electron chi connectivity index (χ2n) is 5.73. The van der Waals surface area contributed by atoms with Crippen LogP contribution in [0.5, 0.6) is 0 Å². The van der Waals surface area contributed by atoms with Crippen molar-refractivity contribution in [1.82, 2.24) is 0 Å². The average Bonchev–Trinajstić information content (AvgIpc) is 2.94. The Balaban J connectivity index is 1.75. The van der Waals surface area contributed by atoms with E-state index >= 15 is 0 Å². The van der Waals surface area contributed by atoms with E-state index < -0.39 is 17.6 Å². The first-order valence-corrected chi connectivity index (χ1v) is 7.60. The molecule has 2 aromatic rings. The first kappa shape index (κ1) is 16.1. The van der Waals surface area contributed by atoms with Crippen molar-refractivity contribution in [2.24, 2.45) is 5.92 Å². The number of para-hydroxylation sites is 1. The van der Waals surface area contributed by atoms with E-state index in [4.69, 9.17) is 0 Å². The lowest BCUT2D eigenvalue weighted by Crippen LogP contribution is -2.33. The van der Waals surface area contributed by atoms with E-state index in [0.29, 0.717) is 24.2 Å². The number of hydrogen-bond acceptors (Lipinski definition) is 2. The third-order valence-electron chi connectivity index (χ3n) is 4.11. The largest absolute Gasteiger partial charge is 0.323 e. The van der Waals surface area contributed by atoms with E-state index in [1.54, 1.807) is 19.1 Å². The molecule has 24 heavy (non-hydrogen) atoms. The summed E-state index contributed by atoms with van der Waals surface area (Å²) >= 11 is 0. The minimum absolute atomic E-state index is 0.0476. The zero-order chi connectivity index (χ0) is 17.3. The molecule has 4 nitrogen and oxygen atoms in total. The summed E-state index contributed by atoms with van der Waals surface area (Å²) in [6.45, 7) is 1.97. The molecule has 2 aromatic carbocycles. The molecule has 0 spiro atoms. The molecule has 1 aliphatic heterocycles. The minimum Gasteiger partial charge on any atom is -0.323 e. The van der Waals surface area contributed by atoms with Crippen LogP contribution in [-0.2, 0) is 9.59 Å². The maximum absolute atomic E-state index is 13.6. The third kappa shape index (κ3) is 2.99. The molecule has 1 N–H and O–H groups in total. The van der Waals surface area contributed by atoms with Gasteiger partial charge in [0.2, 0.25) is 11.8 Å². The van der Waals surface area contributed by atoms with Crippen LogP contribution in [-0.4, -0.2) is 18.4 Å². The van der Waals surface area contributed by atoms with Crippen molar-refractivity contribution in [1.29, 1.82) is 0 Å². The van der Waals surface area contributed by atoms with Crippen molar-refractivity contribution in [3.8, 4) is 0 Å². The van der Waals surface area contributed by atoms with Crippen LogP contribution < -0.4 is 10.2 Å². The third-order valence-corrected chi connectivity index (χ3v) is 4.11. The Hall–Kier alpha value is -2.76. The molecule has 1 heterocycles. The molecule has 1 aliphatic rings. The topological polar surface area (TPSA) is 49.4 Å². The van der Waals surface area contributed by atoms with Gasteiger partial charge in [0.1, 0.15) is 17.6 Å². The van der Waals surface area contributed by atoms with Gasteiger partial charge in [-0.1, -0.05) is 12.1 Å². The number of nitrogens with zero attached hydrogens (tertiary/aromatic N) is 1. The van der Waals surface area contributed by atoms with Crippen molar-refractivity contribution < 1.29 is 18.4 Å². The minimum atomic E-state index is -0.880. The van der Waals surface area contributed by atoms with Crippen LogP contribution in [0.3, 0.4) is 0 Å². The van der Waals surface area contributed by atoms with Crippen molar-refractivity contribution in [3.63, 3.8) is 0 Å². The van der Waals surface area contributed by atoms with Gasteiger partial charge in [-0.15, -0.1) is 0 Å². The molecule has 0 bridgehead atoms. The van der Waals surface area contributed by atoms with E-state index in [9.17, 15) is 18.4 Å². The van der Waals surface area contributed by atoms with Gasteiger partial charge in [-0.25, -0.2) is 8.78 Å². The summed E-state index contributed by atoms with van der Waals surface area (Å²) in [7, 11) is 0. The number of halogens is 2. The summed E-state index contributed by atoms with van der Waals surface area (Å²) in [5, 5.41) is 2.45. The molecule has 2 amide bonds. The normalized spacial score (nSPS) is 17.2. The maximum Gasteiger partial charge on any atom is 0.239 e. The van der Waals surface area contributed by atoms with E-state index in [2.05, 4.69) is 5.32 Å². The highest BCUT2D eigenvalue weighted by molar-refractivity contribution is 6.13. The zero-order valence-corrected chi connectivity index (χ0v) is 13.1. The molecule has 1 atom stereocenters. The standard InChI is InChI=1S/C18H16F2N2O2/c1-11-10-12(6-7-14(11)19)22-9-8-13(18(22)24)17(23)21-16-5-3-2-4-15(16)20/h2-7,10,13H,8-9H2,1H3,(H,21,23). The first-order valence-electron chi connectivity index (χ1n) is 7.60. The van der Waals surface area contributed by atoms with Gasteiger partial charge in [0.15, 0.2) is 0 Å². The Morgan fingerprint density at radius 3 is 2.62 bits per heavy atom. The van der Waals surface area contributed by atoms with Crippen LogP contribution in [0.4, 0.5) is 20.2 Å². The SMILES string of the molecule is Cc1cc(N2CCC(C(=O)Nc3ccccc3F)C2=O)ccc1F. The van der Waals surface area contributed by atoms with Crippen LogP contribution in [0, 0.1) is 24.5 Å². The number of hydrogen-bond donors (Lipinski definition) is 1. The highest BCUT2D eigenvalue weighted by atomic mass is 19.1. The second kappa shape index (κ2) is 6.39. The molecule has 0 aromatic heterocycles. The molecular weight excluding hydrogens is 314 g/mol. The molecule has 0 aliphatic carbocycles. The van der Waals surface area contributed by atoms with E-state index in [-0.39, 0.29) is 17.4 Å². The lowest BCUT2D eigenvalue weighted by atomic mass is 10.1. The number of aryl methyl sites for hydroxylation is 1. The van der Waals surface area contributed by atoms with Gasteiger partial charge in [-0.2, -0.15) is 0 Å². The van der Waals surface area contributed by atoms with Crippen LogP contribution in [0.1, 0.15) is 12.0 Å². The summed E-state index contributed by atoms with van der Waals surface area (Å²) in [6.07, 6.45) is 0.329. The molecule has 3 rings (SSSR count). The average molecular weight is 330 g/mol. The Labute approximate surface area is 138 Å². The molecule has 1 fully saturated rings. The summed E-state index contributed by atoms with van der Waals surface area (Å²) in [5.74, 6) is -2.68. The smallest absolute Gasteiger partial charge is 0.239 e. The predicted molar refractivity (Wildman–Crippen MR) is 86.6 cm³/mol. The quantitative estimate of drug-likeness (QED) is 0.878. The number of benzene rings is 2. The number of anilines is 2. The molecular formula is C18H16F2N2O2. The molecule has 0 saturated carbocycles. The Kier molecular flexibility index (Phi) is 4.29. The van der Waals surface area contributed by atoms with E-state index in [1.807, 2.05) is 0 Å². The van der Waals surface area contributed by atoms with Crippen molar-refractivity contribution >= 4 is 23.2 Å². The second-order valence-corrected chi connectivity index (χ2v) is 5.73. The summed E-state index contributed by atoms with van der Waals surface area (Å²) in [5.41, 5.74) is 1.03. The fourth-order valence-electron chi connectivity index (χ4n) is 2.76. The lowest BCUT2D eigenvalue weighted by Gasteiger charge is -2.17. The molecule has 124 valence electrons. The number of rotatable bonds is 3. The van der Waals surface area contributed by atoms with Crippen molar-refractivity contribution in [2.75, 3.05) is 16.8 Å². The number of carbonyl (C=O) groups is 2. The van der Waals surface area contributed by atoms with Gasteiger partial charge in [-0.05, 0) is 49.2 Å². The number of carbonyl (C=O) groups excluding carboxylic acids is 2. The Morgan fingerprint density at radius 2 is 1.92 bits per heavy atom. The van der Waals surface area contributed by atoms with Gasteiger partial charge in [0.25, 0.3) is 0 Å². The van der Waals surface area contributed by atoms with E-state index in [0.717, 1.165) is 0 Å². The van der Waals surface area contributed by atoms with Gasteiger partial charge >= 0.3 is 0 Å². The Bertz CT molecular complexity index is 807. The molecule has 1 unspecified atom stereocenters. The fourth-order valence-corrected chi connectivity index (χ4v) is 2.76. The van der Waals surface area contributed by atoms with Crippen molar-refractivity contribution in [2.45, 2.75) is 13.3 Å². The molecule has 1 saturated heterocycles. The van der Waals surface area contributed by atoms with Crippen LogP contribution in [0.25, 0.3) is 0 Å².